The number of pyridine rings is 1. The molecule has 6 nitrogen and oxygen atoms in total. The van der Waals surface area contributed by atoms with Gasteiger partial charge in [-0.2, -0.15) is 0 Å². The maximum Gasteiger partial charge on any atom is 0.278 e. The molecule has 0 aromatic carbocycles. The van der Waals surface area contributed by atoms with Gasteiger partial charge in [0.05, 0.1) is 10.6 Å². The lowest BCUT2D eigenvalue weighted by atomic mass is 10.0. The second kappa shape index (κ2) is 7.47. The van der Waals surface area contributed by atoms with Crippen LogP contribution in [0.15, 0.2) is 6.20 Å². The highest BCUT2D eigenvalue weighted by Gasteiger charge is 2.19. The van der Waals surface area contributed by atoms with E-state index in [9.17, 15) is 10.1 Å². The van der Waals surface area contributed by atoms with E-state index in [1.165, 1.54) is 0 Å². The number of hydrogen-bond acceptors (Lipinski definition) is 5. The van der Waals surface area contributed by atoms with Gasteiger partial charge in [0, 0.05) is 29.9 Å². The molecule has 1 heterocycles. The summed E-state index contributed by atoms with van der Waals surface area (Å²) in [5.74, 6) is 0.457. The fourth-order valence-electron chi connectivity index (χ4n) is 2.24. The van der Waals surface area contributed by atoms with Crippen LogP contribution < -0.4 is 5.73 Å². The quantitative estimate of drug-likeness (QED) is 0.616. The molecule has 0 aliphatic heterocycles. The number of nitrogens with two attached hydrogens (primary N) is 1. The first-order valence-corrected chi connectivity index (χ1v) is 7.27. The average molecular weight is 294 g/mol. The van der Waals surface area contributed by atoms with Crippen molar-refractivity contribution in [2.75, 3.05) is 13.6 Å². The molecule has 6 heteroatoms. The summed E-state index contributed by atoms with van der Waals surface area (Å²) in [7, 11) is 1.99. The highest BCUT2D eigenvalue weighted by atomic mass is 16.6. The summed E-state index contributed by atoms with van der Waals surface area (Å²) < 4.78 is 0. The van der Waals surface area contributed by atoms with E-state index in [0.717, 1.165) is 18.7 Å². The average Bonchev–Trinajstić information content (AvgIpc) is 2.38. The minimum Gasteiger partial charge on any atom is -0.327 e. The summed E-state index contributed by atoms with van der Waals surface area (Å²) in [5.41, 5.74) is 8.23. The highest BCUT2D eigenvalue weighted by molar-refractivity contribution is 5.47. The van der Waals surface area contributed by atoms with Crippen LogP contribution in [0, 0.1) is 29.9 Å². The molecule has 1 rings (SSSR count). The minimum atomic E-state index is -0.329. The van der Waals surface area contributed by atoms with Crippen LogP contribution in [0.1, 0.15) is 37.1 Å². The smallest absolute Gasteiger partial charge is 0.278 e. The Hall–Kier alpha value is -1.53. The summed E-state index contributed by atoms with van der Waals surface area (Å²) in [4.78, 5) is 17.2. The lowest BCUT2D eigenvalue weighted by molar-refractivity contribution is -0.386. The molecule has 0 aliphatic carbocycles. The molecule has 0 spiro atoms. The second-order valence-corrected chi connectivity index (χ2v) is 6.05. The fraction of sp³-hybridized carbons (Fsp3) is 0.667. The van der Waals surface area contributed by atoms with E-state index >= 15 is 0 Å². The van der Waals surface area contributed by atoms with Crippen LogP contribution in [-0.4, -0.2) is 34.4 Å². The predicted octanol–water partition coefficient (Wildman–Crippen LogP) is 2.41. The van der Waals surface area contributed by atoms with E-state index in [0.29, 0.717) is 23.6 Å². The highest BCUT2D eigenvalue weighted by Crippen LogP contribution is 2.24. The van der Waals surface area contributed by atoms with Gasteiger partial charge in [0.15, 0.2) is 0 Å². The van der Waals surface area contributed by atoms with Crippen LogP contribution in [0.2, 0.25) is 0 Å². The topological polar surface area (TPSA) is 85.3 Å². The molecule has 0 fully saturated rings. The normalized spacial score (nSPS) is 13.0. The van der Waals surface area contributed by atoms with E-state index in [1.54, 1.807) is 20.0 Å². The van der Waals surface area contributed by atoms with Crippen molar-refractivity contribution in [3.05, 3.63) is 33.1 Å². The zero-order valence-corrected chi connectivity index (χ0v) is 13.6. The zero-order chi connectivity index (χ0) is 16.2. The van der Waals surface area contributed by atoms with Crippen molar-refractivity contribution < 1.29 is 4.92 Å². The van der Waals surface area contributed by atoms with Crippen LogP contribution in [0.25, 0.3) is 0 Å². The first kappa shape index (κ1) is 17.5. The largest absolute Gasteiger partial charge is 0.327 e. The first-order chi connectivity index (χ1) is 9.73. The molecule has 0 saturated carbocycles. The monoisotopic (exact) mass is 294 g/mol. The van der Waals surface area contributed by atoms with Gasteiger partial charge >= 0.3 is 0 Å². The third kappa shape index (κ3) is 4.75. The van der Waals surface area contributed by atoms with Gasteiger partial charge in [-0.25, -0.2) is 0 Å². The molecule has 1 unspecified atom stereocenters. The van der Waals surface area contributed by atoms with E-state index in [2.05, 4.69) is 23.7 Å². The van der Waals surface area contributed by atoms with Gasteiger partial charge in [-0.3, -0.25) is 15.1 Å². The number of hydrogen-bond donors (Lipinski definition) is 1. The van der Waals surface area contributed by atoms with Crippen molar-refractivity contribution in [3.63, 3.8) is 0 Å². The molecule has 1 atom stereocenters. The number of nitrogens with zero attached hydrogens (tertiary/aromatic N) is 3. The predicted molar refractivity (Wildman–Crippen MR) is 84.1 cm³/mol. The fourth-order valence-corrected chi connectivity index (χ4v) is 2.24. The summed E-state index contributed by atoms with van der Waals surface area (Å²) in [6.07, 6.45) is 2.48. The van der Waals surface area contributed by atoms with E-state index in [1.807, 2.05) is 7.05 Å². The molecule has 1 aromatic rings. The van der Waals surface area contributed by atoms with Crippen molar-refractivity contribution in [1.82, 2.24) is 9.88 Å². The number of aryl methyl sites for hydroxylation is 1. The maximum atomic E-state index is 11.1. The zero-order valence-electron chi connectivity index (χ0n) is 13.6. The third-order valence-corrected chi connectivity index (χ3v) is 3.88. The van der Waals surface area contributed by atoms with Gasteiger partial charge in [-0.05, 0) is 39.8 Å². The Labute approximate surface area is 126 Å². The summed E-state index contributed by atoms with van der Waals surface area (Å²) in [6.45, 7) is 9.15. The van der Waals surface area contributed by atoms with E-state index < -0.39 is 0 Å². The molecule has 0 saturated heterocycles. The van der Waals surface area contributed by atoms with Crippen molar-refractivity contribution in [3.8, 4) is 0 Å². The van der Waals surface area contributed by atoms with Crippen molar-refractivity contribution >= 4 is 5.69 Å². The van der Waals surface area contributed by atoms with Gasteiger partial charge in [0.2, 0.25) is 0 Å². The Bertz CT molecular complexity index is 503. The Kier molecular flexibility index (Phi) is 6.23. The van der Waals surface area contributed by atoms with Gasteiger partial charge < -0.3 is 10.6 Å². The molecular formula is C15H26N4O2. The molecule has 118 valence electrons. The number of aromatic nitrogens is 1. The SMILES string of the molecule is Cc1cnc(CN(C)CCC(N)C(C)C)c(C)c1[N+](=O)[O-]. The van der Waals surface area contributed by atoms with Gasteiger partial charge in [0.1, 0.15) is 0 Å². The summed E-state index contributed by atoms with van der Waals surface area (Å²) in [6, 6.07) is 0.175. The Morgan fingerprint density at radius 2 is 2.05 bits per heavy atom. The Balaban J connectivity index is 2.75. The van der Waals surface area contributed by atoms with E-state index in [4.69, 9.17) is 5.73 Å². The maximum absolute atomic E-state index is 11.1. The molecule has 0 amide bonds. The van der Waals surface area contributed by atoms with Crippen molar-refractivity contribution in [1.29, 1.82) is 0 Å². The minimum absolute atomic E-state index is 0.173. The van der Waals surface area contributed by atoms with Crippen LogP contribution in [0.3, 0.4) is 0 Å². The number of nitro groups is 1. The van der Waals surface area contributed by atoms with Gasteiger partial charge in [-0.1, -0.05) is 13.8 Å². The molecule has 21 heavy (non-hydrogen) atoms. The first-order valence-electron chi connectivity index (χ1n) is 7.27. The van der Waals surface area contributed by atoms with Crippen LogP contribution in [-0.2, 0) is 6.54 Å². The molecule has 0 radical (unpaired) electrons. The standard InChI is InChI=1S/C15H26N4O2/c1-10(2)13(16)6-7-18(5)9-14-12(4)15(19(20)21)11(3)8-17-14/h8,10,13H,6-7,9,16H2,1-5H3. The summed E-state index contributed by atoms with van der Waals surface area (Å²) >= 11 is 0. The van der Waals surface area contributed by atoms with Crippen LogP contribution in [0.5, 0.6) is 0 Å². The third-order valence-electron chi connectivity index (χ3n) is 3.88. The second-order valence-electron chi connectivity index (χ2n) is 6.05. The van der Waals surface area contributed by atoms with Gasteiger partial charge in [0.25, 0.3) is 5.69 Å². The van der Waals surface area contributed by atoms with Crippen molar-refractivity contribution in [2.45, 2.75) is 46.7 Å². The van der Waals surface area contributed by atoms with E-state index in [-0.39, 0.29) is 16.7 Å². The Morgan fingerprint density at radius 3 is 2.57 bits per heavy atom. The van der Waals surface area contributed by atoms with Crippen LogP contribution in [0.4, 0.5) is 5.69 Å². The summed E-state index contributed by atoms with van der Waals surface area (Å²) in [5, 5.41) is 11.1. The molecule has 0 bridgehead atoms. The molecule has 1 aromatic heterocycles. The van der Waals surface area contributed by atoms with Crippen molar-refractivity contribution in [2.24, 2.45) is 11.7 Å². The van der Waals surface area contributed by atoms with Crippen LogP contribution >= 0.6 is 0 Å². The Morgan fingerprint density at radius 1 is 1.43 bits per heavy atom. The molecular weight excluding hydrogens is 268 g/mol. The van der Waals surface area contributed by atoms with Gasteiger partial charge in [-0.15, -0.1) is 0 Å². The number of rotatable bonds is 7. The lowest BCUT2D eigenvalue weighted by Gasteiger charge is -2.21. The molecule has 0 aliphatic rings. The molecule has 2 N–H and O–H groups in total. The lowest BCUT2D eigenvalue weighted by Crippen LogP contribution is -2.32.